The van der Waals surface area contributed by atoms with Crippen LogP contribution in [0.4, 0.5) is 4.79 Å². The average molecular weight is 328 g/mol. The van der Waals surface area contributed by atoms with Crippen molar-refractivity contribution in [1.82, 2.24) is 20.1 Å². The van der Waals surface area contributed by atoms with E-state index in [1.165, 1.54) is 25.7 Å². The number of hydrogen-bond donors (Lipinski definition) is 1. The first-order valence-electron chi connectivity index (χ1n) is 9.40. The quantitative estimate of drug-likeness (QED) is 0.928. The average Bonchev–Trinajstić information content (AvgIpc) is 3.26. The summed E-state index contributed by atoms with van der Waals surface area (Å²) in [6, 6.07) is 4.79. The third kappa shape index (κ3) is 3.14. The fraction of sp³-hybridized carbons (Fsp3) is 0.684. The fourth-order valence-corrected chi connectivity index (χ4v) is 4.93. The molecular formula is C19H28N4O. The van der Waals surface area contributed by atoms with Crippen LogP contribution >= 0.6 is 0 Å². The molecule has 0 radical (unpaired) electrons. The number of nitrogens with one attached hydrogen (secondary N) is 1. The molecule has 2 bridgehead atoms. The summed E-state index contributed by atoms with van der Waals surface area (Å²) in [7, 11) is 0. The Kier molecular flexibility index (Phi) is 4.44. The molecule has 0 unspecified atom stereocenters. The Balaban J connectivity index is 1.27. The van der Waals surface area contributed by atoms with Gasteiger partial charge in [0, 0.05) is 44.6 Å². The summed E-state index contributed by atoms with van der Waals surface area (Å²) in [4.78, 5) is 21.2. The Hall–Kier alpha value is -1.62. The molecule has 5 heteroatoms. The van der Waals surface area contributed by atoms with E-state index in [1.54, 1.807) is 12.4 Å². The molecule has 1 aliphatic heterocycles. The van der Waals surface area contributed by atoms with Gasteiger partial charge in [0.2, 0.25) is 0 Å². The van der Waals surface area contributed by atoms with Crippen molar-refractivity contribution in [3.05, 3.63) is 30.1 Å². The summed E-state index contributed by atoms with van der Waals surface area (Å²) in [5, 5.41) is 3.12. The first kappa shape index (κ1) is 15.9. The minimum atomic E-state index is 0.0177. The minimum Gasteiger partial charge on any atom is -0.331 e. The van der Waals surface area contributed by atoms with Gasteiger partial charge in [-0.1, -0.05) is 6.42 Å². The standard InChI is InChI=1S/C19H28N4O/c1-14(16-4-6-20-7-5-16)21-19(24)23-10-8-22(9-11-23)18-13-15-2-3-17(18)12-15/h4-7,14-15,17-18H,2-3,8-13H2,1H3,(H,21,24)/t14-,15-,17-,18-/m0/s1. The number of pyridine rings is 1. The molecule has 2 aliphatic carbocycles. The third-order valence-corrected chi connectivity index (χ3v) is 6.32. The van der Waals surface area contributed by atoms with Crippen molar-refractivity contribution in [2.24, 2.45) is 11.8 Å². The lowest BCUT2D eigenvalue weighted by Gasteiger charge is -2.41. The van der Waals surface area contributed by atoms with E-state index in [-0.39, 0.29) is 12.1 Å². The molecule has 130 valence electrons. The van der Waals surface area contributed by atoms with Gasteiger partial charge >= 0.3 is 6.03 Å². The van der Waals surface area contributed by atoms with E-state index in [1.807, 2.05) is 24.0 Å². The Morgan fingerprint density at radius 2 is 1.92 bits per heavy atom. The van der Waals surface area contributed by atoms with Crippen molar-refractivity contribution >= 4 is 6.03 Å². The topological polar surface area (TPSA) is 48.5 Å². The predicted octanol–water partition coefficient (Wildman–Crippen LogP) is 2.66. The highest BCUT2D eigenvalue weighted by Gasteiger charge is 2.42. The highest BCUT2D eigenvalue weighted by Crippen LogP contribution is 2.46. The molecule has 2 amide bonds. The zero-order valence-corrected chi connectivity index (χ0v) is 14.5. The van der Waals surface area contributed by atoms with E-state index in [0.29, 0.717) is 0 Å². The van der Waals surface area contributed by atoms with Gasteiger partial charge in [0.05, 0.1) is 6.04 Å². The van der Waals surface area contributed by atoms with Crippen molar-refractivity contribution in [2.45, 2.75) is 44.7 Å². The number of piperazine rings is 1. The number of nitrogens with zero attached hydrogens (tertiary/aromatic N) is 3. The van der Waals surface area contributed by atoms with Gasteiger partial charge in [-0.3, -0.25) is 9.88 Å². The third-order valence-electron chi connectivity index (χ3n) is 6.32. The van der Waals surface area contributed by atoms with Crippen LogP contribution in [0, 0.1) is 11.8 Å². The lowest BCUT2D eigenvalue weighted by Crippen LogP contribution is -2.55. The summed E-state index contributed by atoms with van der Waals surface area (Å²) < 4.78 is 0. The summed E-state index contributed by atoms with van der Waals surface area (Å²) in [5.41, 5.74) is 1.10. The molecule has 1 saturated heterocycles. The molecular weight excluding hydrogens is 300 g/mol. The molecule has 3 aliphatic rings. The van der Waals surface area contributed by atoms with Gasteiger partial charge in [0.15, 0.2) is 0 Å². The number of aromatic nitrogens is 1. The van der Waals surface area contributed by atoms with Crippen LogP contribution in [-0.4, -0.2) is 53.0 Å². The Labute approximate surface area is 144 Å². The van der Waals surface area contributed by atoms with Crippen molar-refractivity contribution < 1.29 is 4.79 Å². The zero-order chi connectivity index (χ0) is 16.5. The van der Waals surface area contributed by atoms with Crippen molar-refractivity contribution in [3.63, 3.8) is 0 Å². The summed E-state index contributed by atoms with van der Waals surface area (Å²) in [6.45, 7) is 5.79. The molecule has 2 saturated carbocycles. The molecule has 1 aromatic rings. The number of carbonyl (C=O) groups is 1. The van der Waals surface area contributed by atoms with Crippen LogP contribution < -0.4 is 5.32 Å². The Morgan fingerprint density at radius 1 is 1.17 bits per heavy atom. The maximum Gasteiger partial charge on any atom is 0.317 e. The van der Waals surface area contributed by atoms with E-state index in [4.69, 9.17) is 0 Å². The number of rotatable bonds is 3. The maximum absolute atomic E-state index is 12.5. The van der Waals surface area contributed by atoms with Crippen LogP contribution in [0.25, 0.3) is 0 Å². The van der Waals surface area contributed by atoms with Gasteiger partial charge in [-0.15, -0.1) is 0 Å². The van der Waals surface area contributed by atoms with E-state index < -0.39 is 0 Å². The minimum absolute atomic E-state index is 0.0177. The van der Waals surface area contributed by atoms with Crippen LogP contribution in [0.5, 0.6) is 0 Å². The summed E-state index contributed by atoms with van der Waals surface area (Å²) in [5.74, 6) is 1.92. The van der Waals surface area contributed by atoms with Crippen molar-refractivity contribution in [1.29, 1.82) is 0 Å². The monoisotopic (exact) mass is 328 g/mol. The molecule has 4 atom stereocenters. The van der Waals surface area contributed by atoms with Gasteiger partial charge in [-0.2, -0.15) is 0 Å². The van der Waals surface area contributed by atoms with E-state index >= 15 is 0 Å². The highest BCUT2D eigenvalue weighted by atomic mass is 16.2. The Morgan fingerprint density at radius 3 is 2.54 bits per heavy atom. The van der Waals surface area contributed by atoms with E-state index in [2.05, 4.69) is 15.2 Å². The van der Waals surface area contributed by atoms with Crippen molar-refractivity contribution in [2.75, 3.05) is 26.2 Å². The van der Waals surface area contributed by atoms with Crippen molar-refractivity contribution in [3.8, 4) is 0 Å². The van der Waals surface area contributed by atoms with Crippen LogP contribution in [0.1, 0.15) is 44.2 Å². The molecule has 0 aromatic carbocycles. The van der Waals surface area contributed by atoms with Gasteiger partial charge in [-0.05, 0) is 55.7 Å². The number of fused-ring (bicyclic) bond motifs is 2. The first-order valence-corrected chi connectivity index (χ1v) is 9.40. The second-order valence-electron chi connectivity index (χ2n) is 7.72. The van der Waals surface area contributed by atoms with Crippen LogP contribution in [-0.2, 0) is 0 Å². The molecule has 4 rings (SSSR count). The number of carbonyl (C=O) groups excluding carboxylic acids is 1. The van der Waals surface area contributed by atoms with Gasteiger partial charge < -0.3 is 10.2 Å². The lowest BCUT2D eigenvalue weighted by molar-refractivity contribution is 0.0821. The molecule has 1 aromatic heterocycles. The number of hydrogen-bond acceptors (Lipinski definition) is 3. The Bertz CT molecular complexity index is 570. The second-order valence-corrected chi connectivity index (χ2v) is 7.72. The molecule has 2 heterocycles. The number of amides is 2. The summed E-state index contributed by atoms with van der Waals surface area (Å²) in [6.07, 6.45) is 9.28. The van der Waals surface area contributed by atoms with Gasteiger partial charge in [-0.25, -0.2) is 4.79 Å². The van der Waals surface area contributed by atoms with Gasteiger partial charge in [0.1, 0.15) is 0 Å². The first-order chi connectivity index (χ1) is 11.7. The molecule has 24 heavy (non-hydrogen) atoms. The normalized spacial score (nSPS) is 31.2. The fourth-order valence-electron chi connectivity index (χ4n) is 4.93. The van der Waals surface area contributed by atoms with Crippen LogP contribution in [0.3, 0.4) is 0 Å². The second kappa shape index (κ2) is 6.71. The summed E-state index contributed by atoms with van der Waals surface area (Å²) >= 11 is 0. The lowest BCUT2D eigenvalue weighted by atomic mass is 9.93. The van der Waals surface area contributed by atoms with Crippen LogP contribution in [0.2, 0.25) is 0 Å². The largest absolute Gasteiger partial charge is 0.331 e. The highest BCUT2D eigenvalue weighted by molar-refractivity contribution is 5.74. The molecule has 0 spiro atoms. The molecule has 3 fully saturated rings. The molecule has 5 nitrogen and oxygen atoms in total. The SMILES string of the molecule is C[C@H](NC(=O)N1CCN([C@H]2C[C@H]3CC[C@H]2C3)CC1)c1ccncc1. The predicted molar refractivity (Wildman–Crippen MR) is 93.6 cm³/mol. The zero-order valence-electron chi connectivity index (χ0n) is 14.5. The molecule has 1 N–H and O–H groups in total. The van der Waals surface area contributed by atoms with Gasteiger partial charge in [0.25, 0.3) is 0 Å². The van der Waals surface area contributed by atoms with Crippen LogP contribution in [0.15, 0.2) is 24.5 Å². The van der Waals surface area contributed by atoms with E-state index in [9.17, 15) is 4.79 Å². The number of urea groups is 1. The smallest absolute Gasteiger partial charge is 0.317 e. The maximum atomic E-state index is 12.5. The van der Waals surface area contributed by atoms with E-state index in [0.717, 1.165) is 49.6 Å².